The smallest absolute Gasteiger partial charge is 0.230 e. The molecule has 0 unspecified atom stereocenters. The summed E-state index contributed by atoms with van der Waals surface area (Å²) < 4.78 is 1.70. The molecule has 0 atom stereocenters. The van der Waals surface area contributed by atoms with Crippen LogP contribution in [-0.2, 0) is 18.3 Å². The summed E-state index contributed by atoms with van der Waals surface area (Å²) in [7, 11) is 1.84. The number of carbonyl (C=O) groups excluding carboxylic acids is 1. The SMILES string of the molecule is Cn1cc(CC(=O)Nc2ncc(C3CCNCC3)s2)cn1. The maximum atomic E-state index is 12.0. The Kier molecular flexibility index (Phi) is 4.31. The molecule has 3 heterocycles. The first-order valence-electron chi connectivity index (χ1n) is 7.14. The van der Waals surface area contributed by atoms with E-state index in [1.807, 2.05) is 19.4 Å². The second-order valence-electron chi connectivity index (χ2n) is 5.34. The summed E-state index contributed by atoms with van der Waals surface area (Å²) in [5, 5.41) is 11.0. The van der Waals surface area contributed by atoms with Crippen LogP contribution in [0.3, 0.4) is 0 Å². The molecule has 0 aliphatic carbocycles. The summed E-state index contributed by atoms with van der Waals surface area (Å²) in [5.74, 6) is 0.530. The Labute approximate surface area is 127 Å². The highest BCUT2D eigenvalue weighted by Crippen LogP contribution is 2.31. The van der Waals surface area contributed by atoms with E-state index in [1.165, 1.54) is 4.88 Å². The monoisotopic (exact) mass is 305 g/mol. The van der Waals surface area contributed by atoms with Gasteiger partial charge in [0.2, 0.25) is 5.91 Å². The first-order chi connectivity index (χ1) is 10.2. The van der Waals surface area contributed by atoms with Gasteiger partial charge in [0, 0.05) is 24.3 Å². The molecule has 0 bridgehead atoms. The van der Waals surface area contributed by atoms with Crippen LogP contribution in [0.1, 0.15) is 29.2 Å². The molecule has 2 N–H and O–H groups in total. The average molecular weight is 305 g/mol. The van der Waals surface area contributed by atoms with Crippen LogP contribution in [0.25, 0.3) is 0 Å². The third kappa shape index (κ3) is 3.68. The van der Waals surface area contributed by atoms with Gasteiger partial charge < -0.3 is 10.6 Å². The highest BCUT2D eigenvalue weighted by molar-refractivity contribution is 7.15. The number of aromatic nitrogens is 3. The number of hydrogen-bond donors (Lipinski definition) is 2. The molecule has 1 saturated heterocycles. The minimum atomic E-state index is -0.0470. The second kappa shape index (κ2) is 6.36. The van der Waals surface area contributed by atoms with Crippen LogP contribution >= 0.6 is 11.3 Å². The van der Waals surface area contributed by atoms with Crippen LogP contribution in [0.4, 0.5) is 5.13 Å². The van der Waals surface area contributed by atoms with E-state index in [1.54, 1.807) is 22.2 Å². The fraction of sp³-hybridized carbons (Fsp3) is 0.500. The van der Waals surface area contributed by atoms with E-state index in [-0.39, 0.29) is 5.91 Å². The fourth-order valence-electron chi connectivity index (χ4n) is 2.55. The molecule has 0 aromatic carbocycles. The van der Waals surface area contributed by atoms with Gasteiger partial charge in [0.05, 0.1) is 12.6 Å². The molecule has 1 aliphatic rings. The van der Waals surface area contributed by atoms with Gasteiger partial charge in [-0.25, -0.2) is 4.98 Å². The number of hydrogen-bond acceptors (Lipinski definition) is 5. The largest absolute Gasteiger partial charge is 0.317 e. The molecule has 2 aromatic rings. The Hall–Kier alpha value is -1.73. The lowest BCUT2D eigenvalue weighted by atomic mass is 9.97. The van der Waals surface area contributed by atoms with E-state index in [0.29, 0.717) is 17.5 Å². The van der Waals surface area contributed by atoms with Gasteiger partial charge in [-0.15, -0.1) is 11.3 Å². The zero-order valence-electron chi connectivity index (χ0n) is 12.0. The first kappa shape index (κ1) is 14.2. The standard InChI is InChI=1S/C14H19N5OS/c1-19-9-10(7-17-19)6-13(20)18-14-16-8-12(21-14)11-2-4-15-5-3-11/h7-9,11,15H,2-6H2,1H3,(H,16,18,20). The van der Waals surface area contributed by atoms with Crippen molar-refractivity contribution in [1.82, 2.24) is 20.1 Å². The van der Waals surface area contributed by atoms with Crippen LogP contribution in [-0.4, -0.2) is 33.8 Å². The van der Waals surface area contributed by atoms with Crippen molar-refractivity contribution in [2.24, 2.45) is 7.05 Å². The molecule has 6 nitrogen and oxygen atoms in total. The Balaban J connectivity index is 1.57. The normalized spacial score (nSPS) is 16.0. The number of anilines is 1. The van der Waals surface area contributed by atoms with Gasteiger partial charge in [0.25, 0.3) is 0 Å². The molecule has 21 heavy (non-hydrogen) atoms. The van der Waals surface area contributed by atoms with E-state index in [4.69, 9.17) is 0 Å². The van der Waals surface area contributed by atoms with Crippen molar-refractivity contribution in [3.05, 3.63) is 29.0 Å². The van der Waals surface area contributed by atoms with Gasteiger partial charge in [-0.3, -0.25) is 9.48 Å². The lowest BCUT2D eigenvalue weighted by Crippen LogP contribution is -2.26. The maximum absolute atomic E-state index is 12.0. The Bertz CT molecular complexity index is 614. The molecule has 1 amide bonds. The van der Waals surface area contributed by atoms with Crippen LogP contribution in [0.15, 0.2) is 18.6 Å². The number of amides is 1. The number of aryl methyl sites for hydroxylation is 1. The zero-order valence-corrected chi connectivity index (χ0v) is 12.8. The molecular formula is C14H19N5OS. The molecule has 3 rings (SSSR count). The first-order valence-corrected chi connectivity index (χ1v) is 7.96. The predicted molar refractivity (Wildman–Crippen MR) is 82.5 cm³/mol. The number of nitrogens with one attached hydrogen (secondary N) is 2. The van der Waals surface area contributed by atoms with Gasteiger partial charge in [0.15, 0.2) is 5.13 Å². The number of thiazole rings is 1. The van der Waals surface area contributed by atoms with Crippen LogP contribution in [0.2, 0.25) is 0 Å². The lowest BCUT2D eigenvalue weighted by Gasteiger charge is -2.20. The van der Waals surface area contributed by atoms with E-state index in [0.717, 1.165) is 31.5 Å². The summed E-state index contributed by atoms with van der Waals surface area (Å²) in [4.78, 5) is 17.6. The Morgan fingerprint density at radius 2 is 2.29 bits per heavy atom. The molecular weight excluding hydrogens is 286 g/mol. The zero-order chi connectivity index (χ0) is 14.7. The summed E-state index contributed by atoms with van der Waals surface area (Å²) in [6.07, 6.45) is 8.08. The van der Waals surface area contributed by atoms with E-state index < -0.39 is 0 Å². The molecule has 0 saturated carbocycles. The molecule has 0 spiro atoms. The highest BCUT2D eigenvalue weighted by Gasteiger charge is 2.18. The third-order valence-corrected chi connectivity index (χ3v) is 4.71. The van der Waals surface area contributed by atoms with Crippen LogP contribution in [0.5, 0.6) is 0 Å². The van der Waals surface area contributed by atoms with Crippen molar-refractivity contribution in [3.8, 4) is 0 Å². The molecule has 2 aromatic heterocycles. The van der Waals surface area contributed by atoms with Crippen molar-refractivity contribution in [2.75, 3.05) is 18.4 Å². The van der Waals surface area contributed by atoms with Crippen molar-refractivity contribution >= 4 is 22.4 Å². The minimum absolute atomic E-state index is 0.0470. The Morgan fingerprint density at radius 3 is 3.00 bits per heavy atom. The fourth-order valence-corrected chi connectivity index (χ4v) is 3.55. The summed E-state index contributed by atoms with van der Waals surface area (Å²) in [5.41, 5.74) is 0.908. The summed E-state index contributed by atoms with van der Waals surface area (Å²) in [6, 6.07) is 0. The molecule has 1 aliphatic heterocycles. The number of carbonyl (C=O) groups is 1. The summed E-state index contributed by atoms with van der Waals surface area (Å²) in [6.45, 7) is 2.12. The average Bonchev–Trinajstić information content (AvgIpc) is 3.09. The van der Waals surface area contributed by atoms with Gasteiger partial charge in [-0.1, -0.05) is 0 Å². The molecule has 0 radical (unpaired) electrons. The van der Waals surface area contributed by atoms with Crippen LogP contribution < -0.4 is 10.6 Å². The lowest BCUT2D eigenvalue weighted by molar-refractivity contribution is -0.115. The molecule has 7 heteroatoms. The highest BCUT2D eigenvalue weighted by atomic mass is 32.1. The maximum Gasteiger partial charge on any atom is 0.230 e. The quantitative estimate of drug-likeness (QED) is 0.898. The van der Waals surface area contributed by atoms with E-state index in [2.05, 4.69) is 20.7 Å². The Morgan fingerprint density at radius 1 is 1.48 bits per heavy atom. The van der Waals surface area contributed by atoms with Crippen molar-refractivity contribution in [1.29, 1.82) is 0 Å². The molecule has 112 valence electrons. The van der Waals surface area contributed by atoms with Crippen molar-refractivity contribution in [3.63, 3.8) is 0 Å². The second-order valence-corrected chi connectivity index (χ2v) is 6.40. The minimum Gasteiger partial charge on any atom is -0.317 e. The third-order valence-electron chi connectivity index (χ3n) is 3.63. The number of rotatable bonds is 4. The number of nitrogens with zero attached hydrogens (tertiary/aromatic N) is 3. The van der Waals surface area contributed by atoms with E-state index in [9.17, 15) is 4.79 Å². The summed E-state index contributed by atoms with van der Waals surface area (Å²) >= 11 is 1.59. The van der Waals surface area contributed by atoms with Crippen molar-refractivity contribution in [2.45, 2.75) is 25.2 Å². The van der Waals surface area contributed by atoms with Gasteiger partial charge in [-0.05, 0) is 37.4 Å². The van der Waals surface area contributed by atoms with Gasteiger partial charge in [0.1, 0.15) is 0 Å². The molecule has 1 fully saturated rings. The van der Waals surface area contributed by atoms with Gasteiger partial charge in [-0.2, -0.15) is 5.10 Å². The number of piperidine rings is 1. The van der Waals surface area contributed by atoms with Gasteiger partial charge >= 0.3 is 0 Å². The van der Waals surface area contributed by atoms with Crippen molar-refractivity contribution < 1.29 is 4.79 Å². The van der Waals surface area contributed by atoms with Crippen LogP contribution in [0, 0.1) is 0 Å². The van der Waals surface area contributed by atoms with E-state index >= 15 is 0 Å². The topological polar surface area (TPSA) is 71.8 Å². The predicted octanol–water partition coefficient (Wildman–Crippen LogP) is 1.52.